The van der Waals surface area contributed by atoms with Crippen LogP contribution in [-0.4, -0.2) is 57.8 Å². The van der Waals surface area contributed by atoms with Crippen LogP contribution in [0.3, 0.4) is 0 Å². The van der Waals surface area contributed by atoms with Gasteiger partial charge in [0.15, 0.2) is 10.8 Å². The summed E-state index contributed by atoms with van der Waals surface area (Å²) in [5, 5.41) is 15.9. The molecule has 4 heterocycles. The number of H-pyrrole nitrogens is 1. The number of amides is 1. The van der Waals surface area contributed by atoms with E-state index in [9.17, 15) is 4.79 Å². The number of anilines is 1. The summed E-state index contributed by atoms with van der Waals surface area (Å²) < 4.78 is 5.77. The molecular formula is C17H24N6O2S. The minimum absolute atomic E-state index is 0.208. The van der Waals surface area contributed by atoms with Crippen molar-refractivity contribution in [2.75, 3.05) is 25.0 Å². The average Bonchev–Trinajstić information content (AvgIpc) is 3.20. The van der Waals surface area contributed by atoms with Crippen LogP contribution in [0.1, 0.15) is 41.3 Å². The van der Waals surface area contributed by atoms with Crippen LogP contribution in [0, 0.1) is 0 Å². The highest BCUT2D eigenvalue weighted by Gasteiger charge is 2.24. The summed E-state index contributed by atoms with van der Waals surface area (Å²) in [6, 6.07) is 0. The number of nitrogens with one attached hydrogen (secondary N) is 3. The zero-order valence-corrected chi connectivity index (χ0v) is 15.9. The number of thiazole rings is 1. The van der Waals surface area contributed by atoms with Crippen molar-refractivity contribution >= 4 is 22.4 Å². The van der Waals surface area contributed by atoms with E-state index in [1.54, 1.807) is 0 Å². The Morgan fingerprint density at radius 2 is 2.23 bits per heavy atom. The number of fused-ring (bicyclic) bond motifs is 1. The topological polar surface area (TPSA) is 95.2 Å². The highest BCUT2D eigenvalue weighted by Crippen LogP contribution is 2.21. The Bertz CT molecular complexity index is 778. The lowest BCUT2D eigenvalue weighted by molar-refractivity contribution is -0.0707. The van der Waals surface area contributed by atoms with Crippen LogP contribution in [0.2, 0.25) is 0 Å². The van der Waals surface area contributed by atoms with Crippen LogP contribution in [-0.2, 0) is 24.2 Å². The maximum atomic E-state index is 12.6. The van der Waals surface area contributed by atoms with Gasteiger partial charge in [-0.3, -0.25) is 20.1 Å². The summed E-state index contributed by atoms with van der Waals surface area (Å²) in [6.07, 6.45) is 1.33. The molecule has 0 aromatic carbocycles. The highest BCUT2D eigenvalue weighted by molar-refractivity contribution is 7.13. The third-order valence-corrected chi connectivity index (χ3v) is 5.48. The van der Waals surface area contributed by atoms with Gasteiger partial charge in [0.05, 0.1) is 17.9 Å². The molecule has 2 aromatic rings. The Morgan fingerprint density at radius 3 is 3.04 bits per heavy atom. The van der Waals surface area contributed by atoms with Gasteiger partial charge in [0.25, 0.3) is 5.91 Å². The predicted octanol–water partition coefficient (Wildman–Crippen LogP) is 1.37. The first-order valence-electron chi connectivity index (χ1n) is 8.99. The van der Waals surface area contributed by atoms with Gasteiger partial charge in [-0.05, 0) is 13.8 Å². The lowest BCUT2D eigenvalue weighted by atomic mass is 10.1. The third-order valence-electron chi connectivity index (χ3n) is 4.67. The summed E-state index contributed by atoms with van der Waals surface area (Å²) in [7, 11) is 0. The SMILES string of the molecule is CC1CN(Cc2csc(NC(=O)c3n[nH]c4c3CNCC4)n2)CC(C)O1. The van der Waals surface area contributed by atoms with Gasteiger partial charge in [-0.2, -0.15) is 5.10 Å². The van der Waals surface area contributed by atoms with E-state index >= 15 is 0 Å². The fraction of sp³-hybridized carbons (Fsp3) is 0.588. The summed E-state index contributed by atoms with van der Waals surface area (Å²) in [5.74, 6) is -0.208. The Kier molecular flexibility index (Phi) is 5.03. The van der Waals surface area contributed by atoms with Gasteiger partial charge >= 0.3 is 0 Å². The molecule has 0 bridgehead atoms. The second-order valence-corrected chi connectivity index (χ2v) is 7.86. The van der Waals surface area contributed by atoms with Crippen LogP contribution >= 0.6 is 11.3 Å². The van der Waals surface area contributed by atoms with Gasteiger partial charge in [0, 0.05) is 55.8 Å². The first kappa shape index (κ1) is 17.6. The standard InChI is InChI=1S/C17H24N6O2S/c1-10-6-23(7-11(2)25-10)8-12-9-26-17(19-12)20-16(24)15-13-5-18-4-3-14(13)21-22-15/h9-11,18H,3-8H2,1-2H3,(H,21,22)(H,19,20,24). The van der Waals surface area contributed by atoms with Crippen molar-refractivity contribution in [3.63, 3.8) is 0 Å². The Hall–Kier alpha value is -1.81. The van der Waals surface area contributed by atoms with E-state index < -0.39 is 0 Å². The minimum atomic E-state index is -0.208. The number of ether oxygens (including phenoxy) is 1. The monoisotopic (exact) mass is 376 g/mol. The van der Waals surface area contributed by atoms with Gasteiger partial charge in [0.2, 0.25) is 0 Å². The zero-order valence-electron chi connectivity index (χ0n) is 15.0. The summed E-state index contributed by atoms with van der Waals surface area (Å²) in [5.41, 5.74) is 3.43. The molecule has 3 N–H and O–H groups in total. The molecule has 2 unspecified atom stereocenters. The van der Waals surface area contributed by atoms with Crippen molar-refractivity contribution in [3.05, 3.63) is 28.0 Å². The largest absolute Gasteiger partial charge is 0.373 e. The molecule has 2 aliphatic heterocycles. The number of nitrogens with zero attached hydrogens (tertiary/aromatic N) is 3. The average molecular weight is 376 g/mol. The number of rotatable bonds is 4. The van der Waals surface area contributed by atoms with E-state index in [0.717, 1.165) is 49.6 Å². The molecule has 140 valence electrons. The summed E-state index contributed by atoms with van der Waals surface area (Å²) in [4.78, 5) is 19.5. The Morgan fingerprint density at radius 1 is 1.42 bits per heavy atom. The molecule has 2 aromatic heterocycles. The molecule has 26 heavy (non-hydrogen) atoms. The molecular weight excluding hydrogens is 352 g/mol. The van der Waals surface area contributed by atoms with Gasteiger partial charge < -0.3 is 10.1 Å². The fourth-order valence-corrected chi connectivity index (χ4v) is 4.35. The molecule has 4 rings (SSSR count). The van der Waals surface area contributed by atoms with Crippen LogP contribution in [0.4, 0.5) is 5.13 Å². The molecule has 1 amide bonds. The third kappa shape index (κ3) is 3.80. The molecule has 0 radical (unpaired) electrons. The summed E-state index contributed by atoms with van der Waals surface area (Å²) >= 11 is 1.45. The number of aromatic nitrogens is 3. The lowest BCUT2D eigenvalue weighted by Gasteiger charge is -2.34. The van der Waals surface area contributed by atoms with Crippen molar-refractivity contribution in [3.8, 4) is 0 Å². The van der Waals surface area contributed by atoms with E-state index in [1.165, 1.54) is 11.3 Å². The quantitative estimate of drug-likeness (QED) is 0.746. The molecule has 2 atom stereocenters. The zero-order chi connectivity index (χ0) is 18.1. The Labute approximate surface area is 156 Å². The molecule has 1 saturated heterocycles. The first-order valence-corrected chi connectivity index (χ1v) is 9.87. The number of morpholine rings is 1. The summed E-state index contributed by atoms with van der Waals surface area (Å²) in [6.45, 7) is 8.33. The number of hydrogen-bond acceptors (Lipinski definition) is 7. The van der Waals surface area contributed by atoms with Gasteiger partial charge in [-0.25, -0.2) is 4.98 Å². The normalized spacial score (nSPS) is 23.6. The smallest absolute Gasteiger partial charge is 0.278 e. The van der Waals surface area contributed by atoms with E-state index in [-0.39, 0.29) is 18.1 Å². The minimum Gasteiger partial charge on any atom is -0.373 e. The van der Waals surface area contributed by atoms with Crippen LogP contribution in [0.15, 0.2) is 5.38 Å². The van der Waals surface area contributed by atoms with Gasteiger partial charge in [-0.15, -0.1) is 11.3 Å². The molecule has 2 aliphatic rings. The molecule has 1 fully saturated rings. The predicted molar refractivity (Wildman–Crippen MR) is 99.4 cm³/mol. The second-order valence-electron chi connectivity index (χ2n) is 7.01. The fourth-order valence-electron chi connectivity index (χ4n) is 3.65. The van der Waals surface area contributed by atoms with Crippen LogP contribution in [0.25, 0.3) is 0 Å². The highest BCUT2D eigenvalue weighted by atomic mass is 32.1. The van der Waals surface area contributed by atoms with Gasteiger partial charge in [0.1, 0.15) is 0 Å². The van der Waals surface area contributed by atoms with E-state index in [2.05, 4.69) is 44.6 Å². The first-order chi connectivity index (χ1) is 12.6. The van der Waals surface area contributed by atoms with Crippen LogP contribution in [0.5, 0.6) is 0 Å². The molecule has 0 aliphatic carbocycles. The number of carbonyl (C=O) groups excluding carboxylic acids is 1. The molecule has 8 nitrogen and oxygen atoms in total. The van der Waals surface area contributed by atoms with Gasteiger partial charge in [-0.1, -0.05) is 0 Å². The van der Waals surface area contributed by atoms with Crippen molar-refractivity contribution in [2.45, 2.75) is 45.6 Å². The maximum absolute atomic E-state index is 12.6. The maximum Gasteiger partial charge on any atom is 0.278 e. The van der Waals surface area contributed by atoms with Crippen molar-refractivity contribution in [1.29, 1.82) is 0 Å². The Balaban J connectivity index is 1.39. The van der Waals surface area contributed by atoms with E-state index in [4.69, 9.17) is 4.74 Å². The molecule has 0 saturated carbocycles. The van der Waals surface area contributed by atoms with Crippen molar-refractivity contribution in [1.82, 2.24) is 25.4 Å². The second kappa shape index (κ2) is 7.43. The molecule has 0 spiro atoms. The number of hydrogen-bond donors (Lipinski definition) is 3. The number of aromatic amines is 1. The molecule has 9 heteroatoms. The van der Waals surface area contributed by atoms with Crippen LogP contribution < -0.4 is 10.6 Å². The number of carbonyl (C=O) groups is 1. The lowest BCUT2D eigenvalue weighted by Crippen LogP contribution is -2.44. The van der Waals surface area contributed by atoms with Crippen molar-refractivity contribution < 1.29 is 9.53 Å². The van der Waals surface area contributed by atoms with E-state index in [0.29, 0.717) is 17.4 Å². The van der Waals surface area contributed by atoms with E-state index in [1.807, 2.05) is 5.38 Å². The van der Waals surface area contributed by atoms with Crippen molar-refractivity contribution in [2.24, 2.45) is 0 Å².